The van der Waals surface area contributed by atoms with Crippen molar-refractivity contribution in [2.75, 3.05) is 5.32 Å². The fourth-order valence-electron chi connectivity index (χ4n) is 2.02. The molecule has 6 heteroatoms. The quantitative estimate of drug-likeness (QED) is 0.760. The molecule has 0 bridgehead atoms. The van der Waals surface area contributed by atoms with E-state index in [4.69, 9.17) is 16.3 Å². The second kappa shape index (κ2) is 7.57. The van der Waals surface area contributed by atoms with Crippen LogP contribution in [0.25, 0.3) is 0 Å². The molecule has 0 aliphatic carbocycles. The number of nitrogens with one attached hydrogen (secondary N) is 1. The fourth-order valence-corrected chi connectivity index (χ4v) is 2.15. The monoisotopic (exact) mass is 339 g/mol. The van der Waals surface area contributed by atoms with Crippen molar-refractivity contribution >= 4 is 23.2 Å². The standard InChI is InChI=1S/C18H14ClN3O2/c19-14-8-6-13(7-9-14)10-17(23)22-15-11-20-18(21-12-15)24-16-4-2-1-3-5-16/h1-9,11-12H,10H2,(H,22,23). The topological polar surface area (TPSA) is 64.1 Å². The minimum Gasteiger partial charge on any atom is -0.424 e. The summed E-state index contributed by atoms with van der Waals surface area (Å²) >= 11 is 5.82. The molecule has 0 fully saturated rings. The van der Waals surface area contributed by atoms with Gasteiger partial charge in [0.15, 0.2) is 0 Å². The second-order valence-electron chi connectivity index (χ2n) is 5.02. The van der Waals surface area contributed by atoms with Gasteiger partial charge < -0.3 is 10.1 Å². The van der Waals surface area contributed by atoms with Gasteiger partial charge in [0, 0.05) is 5.02 Å². The third-order valence-electron chi connectivity index (χ3n) is 3.14. The summed E-state index contributed by atoms with van der Waals surface area (Å²) in [5, 5.41) is 3.38. The lowest BCUT2D eigenvalue weighted by atomic mass is 10.1. The van der Waals surface area contributed by atoms with E-state index in [0.29, 0.717) is 16.5 Å². The normalized spacial score (nSPS) is 10.2. The first-order valence-electron chi connectivity index (χ1n) is 7.28. The van der Waals surface area contributed by atoms with Crippen LogP contribution in [0.3, 0.4) is 0 Å². The Balaban J connectivity index is 1.57. The lowest BCUT2D eigenvalue weighted by Crippen LogP contribution is -2.14. The van der Waals surface area contributed by atoms with Gasteiger partial charge in [-0.3, -0.25) is 4.79 Å². The van der Waals surface area contributed by atoms with Gasteiger partial charge in [-0.25, -0.2) is 9.97 Å². The average molecular weight is 340 g/mol. The summed E-state index contributed by atoms with van der Waals surface area (Å²) in [5.41, 5.74) is 1.39. The van der Waals surface area contributed by atoms with Crippen molar-refractivity contribution in [2.45, 2.75) is 6.42 Å². The van der Waals surface area contributed by atoms with Crippen molar-refractivity contribution in [1.29, 1.82) is 0 Å². The number of para-hydroxylation sites is 1. The van der Waals surface area contributed by atoms with E-state index in [-0.39, 0.29) is 18.3 Å². The highest BCUT2D eigenvalue weighted by Crippen LogP contribution is 2.17. The molecule has 24 heavy (non-hydrogen) atoms. The summed E-state index contributed by atoms with van der Waals surface area (Å²) in [6.45, 7) is 0. The van der Waals surface area contributed by atoms with Crippen LogP contribution in [0.1, 0.15) is 5.56 Å². The van der Waals surface area contributed by atoms with E-state index in [1.165, 1.54) is 12.4 Å². The first kappa shape index (κ1) is 16.0. The Hall–Kier alpha value is -2.92. The maximum absolute atomic E-state index is 12.0. The van der Waals surface area contributed by atoms with Crippen LogP contribution in [0.2, 0.25) is 5.02 Å². The Kier molecular flexibility index (Phi) is 5.03. The Morgan fingerprint density at radius 3 is 2.33 bits per heavy atom. The third kappa shape index (κ3) is 4.54. The highest BCUT2D eigenvalue weighted by molar-refractivity contribution is 6.30. The number of aromatic nitrogens is 2. The number of carbonyl (C=O) groups excluding carboxylic acids is 1. The number of hydrogen-bond acceptors (Lipinski definition) is 4. The van der Waals surface area contributed by atoms with Gasteiger partial charge in [-0.05, 0) is 29.8 Å². The van der Waals surface area contributed by atoms with Crippen LogP contribution in [-0.4, -0.2) is 15.9 Å². The van der Waals surface area contributed by atoms with Gasteiger partial charge in [-0.1, -0.05) is 41.9 Å². The van der Waals surface area contributed by atoms with Crippen LogP contribution in [0.4, 0.5) is 5.69 Å². The molecule has 3 aromatic rings. The summed E-state index contributed by atoms with van der Waals surface area (Å²) in [6, 6.07) is 16.6. The van der Waals surface area contributed by atoms with Crippen molar-refractivity contribution in [2.24, 2.45) is 0 Å². The van der Waals surface area contributed by atoms with Crippen LogP contribution in [0.15, 0.2) is 67.0 Å². The molecule has 0 aliphatic rings. The van der Waals surface area contributed by atoms with E-state index in [1.54, 1.807) is 12.1 Å². The van der Waals surface area contributed by atoms with Gasteiger partial charge in [-0.2, -0.15) is 0 Å². The maximum Gasteiger partial charge on any atom is 0.322 e. The molecule has 5 nitrogen and oxygen atoms in total. The van der Waals surface area contributed by atoms with E-state index in [9.17, 15) is 4.79 Å². The summed E-state index contributed by atoms with van der Waals surface area (Å²) in [5.74, 6) is 0.495. The predicted molar refractivity (Wildman–Crippen MR) is 92.3 cm³/mol. The van der Waals surface area contributed by atoms with Crippen molar-refractivity contribution in [3.63, 3.8) is 0 Å². The average Bonchev–Trinajstić information content (AvgIpc) is 2.60. The first-order valence-corrected chi connectivity index (χ1v) is 7.66. The largest absolute Gasteiger partial charge is 0.424 e. The van der Waals surface area contributed by atoms with Gasteiger partial charge in [-0.15, -0.1) is 0 Å². The SMILES string of the molecule is O=C(Cc1ccc(Cl)cc1)Nc1cnc(Oc2ccccc2)nc1. The molecule has 1 N–H and O–H groups in total. The zero-order valence-electron chi connectivity index (χ0n) is 12.6. The van der Waals surface area contributed by atoms with Crippen LogP contribution in [0.5, 0.6) is 11.8 Å². The molecular formula is C18H14ClN3O2. The lowest BCUT2D eigenvalue weighted by Gasteiger charge is -2.06. The number of halogens is 1. The lowest BCUT2D eigenvalue weighted by molar-refractivity contribution is -0.115. The molecule has 0 saturated carbocycles. The summed E-state index contributed by atoms with van der Waals surface area (Å²) in [6.07, 6.45) is 3.26. The number of ether oxygens (including phenoxy) is 1. The first-order chi connectivity index (χ1) is 11.7. The molecule has 1 amide bonds. The molecular weight excluding hydrogens is 326 g/mol. The van der Waals surface area contributed by atoms with Crippen molar-refractivity contribution in [3.8, 4) is 11.8 Å². The third-order valence-corrected chi connectivity index (χ3v) is 3.39. The van der Waals surface area contributed by atoms with E-state index >= 15 is 0 Å². The van der Waals surface area contributed by atoms with Gasteiger partial charge >= 0.3 is 6.01 Å². The predicted octanol–water partition coefficient (Wildman–Crippen LogP) is 4.10. The van der Waals surface area contributed by atoms with Crippen molar-refractivity contribution in [3.05, 3.63) is 77.6 Å². The highest BCUT2D eigenvalue weighted by atomic mass is 35.5. The molecule has 0 radical (unpaired) electrons. The van der Waals surface area contributed by atoms with Crippen LogP contribution < -0.4 is 10.1 Å². The van der Waals surface area contributed by atoms with Gasteiger partial charge in [0.2, 0.25) is 5.91 Å². The van der Waals surface area contributed by atoms with Crippen molar-refractivity contribution < 1.29 is 9.53 Å². The van der Waals surface area contributed by atoms with E-state index in [1.807, 2.05) is 42.5 Å². The Morgan fingerprint density at radius 1 is 1.00 bits per heavy atom. The Labute approximate surface area is 144 Å². The number of anilines is 1. The fraction of sp³-hybridized carbons (Fsp3) is 0.0556. The molecule has 0 aliphatic heterocycles. The number of hydrogen-bond donors (Lipinski definition) is 1. The van der Waals surface area contributed by atoms with E-state index < -0.39 is 0 Å². The maximum atomic E-state index is 12.0. The van der Waals surface area contributed by atoms with Gasteiger partial charge in [0.1, 0.15) is 5.75 Å². The van der Waals surface area contributed by atoms with Crippen LogP contribution in [-0.2, 0) is 11.2 Å². The van der Waals surface area contributed by atoms with Crippen molar-refractivity contribution in [1.82, 2.24) is 9.97 Å². The molecule has 1 aromatic heterocycles. The summed E-state index contributed by atoms with van der Waals surface area (Å²) in [7, 11) is 0. The number of rotatable bonds is 5. The number of nitrogens with zero attached hydrogens (tertiary/aromatic N) is 2. The minimum atomic E-state index is -0.155. The van der Waals surface area contributed by atoms with Crippen LogP contribution >= 0.6 is 11.6 Å². The number of amides is 1. The smallest absolute Gasteiger partial charge is 0.322 e. The molecule has 1 heterocycles. The molecule has 2 aromatic carbocycles. The van der Waals surface area contributed by atoms with Gasteiger partial charge in [0.05, 0.1) is 24.5 Å². The highest BCUT2D eigenvalue weighted by Gasteiger charge is 2.06. The molecule has 3 rings (SSSR count). The molecule has 0 unspecified atom stereocenters. The minimum absolute atomic E-state index is 0.155. The molecule has 120 valence electrons. The van der Waals surface area contributed by atoms with Gasteiger partial charge in [0.25, 0.3) is 0 Å². The number of benzene rings is 2. The summed E-state index contributed by atoms with van der Waals surface area (Å²) < 4.78 is 5.50. The van der Waals surface area contributed by atoms with E-state index in [0.717, 1.165) is 5.56 Å². The zero-order valence-corrected chi connectivity index (χ0v) is 13.4. The molecule has 0 spiro atoms. The van der Waals surface area contributed by atoms with E-state index in [2.05, 4.69) is 15.3 Å². The zero-order chi connectivity index (χ0) is 16.8. The molecule has 0 saturated heterocycles. The Morgan fingerprint density at radius 2 is 1.67 bits per heavy atom. The second-order valence-corrected chi connectivity index (χ2v) is 5.46. The Bertz CT molecular complexity index is 806. The summed E-state index contributed by atoms with van der Waals surface area (Å²) in [4.78, 5) is 20.2. The number of carbonyl (C=O) groups is 1. The van der Waals surface area contributed by atoms with Crippen LogP contribution in [0, 0.1) is 0 Å². The molecule has 0 atom stereocenters.